The van der Waals surface area contributed by atoms with E-state index < -0.39 is 0 Å². The quantitative estimate of drug-likeness (QED) is 0.790. The minimum Gasteiger partial charge on any atom is -0.367 e. The zero-order valence-corrected chi connectivity index (χ0v) is 14.4. The molecule has 2 saturated heterocycles. The van der Waals surface area contributed by atoms with Crippen LogP contribution >= 0.6 is 0 Å². The van der Waals surface area contributed by atoms with E-state index in [2.05, 4.69) is 16.8 Å². The molecular weight excluding hydrogens is 304 g/mol. The number of rotatable bonds is 4. The van der Waals surface area contributed by atoms with E-state index in [1.165, 1.54) is 6.42 Å². The second-order valence-corrected chi connectivity index (χ2v) is 6.62. The highest BCUT2D eigenvalue weighted by molar-refractivity contribution is 5.95. The number of amides is 2. The molecule has 130 valence electrons. The van der Waals surface area contributed by atoms with Crippen LogP contribution < -0.4 is 4.90 Å². The molecule has 0 saturated carbocycles. The molecule has 0 N–H and O–H groups in total. The molecule has 2 aliphatic rings. The molecular formula is C18H26N4O2. The molecule has 3 heterocycles. The molecule has 2 aliphatic heterocycles. The Morgan fingerprint density at radius 2 is 2.00 bits per heavy atom. The molecule has 2 fully saturated rings. The molecule has 3 rings (SSSR count). The van der Waals surface area contributed by atoms with E-state index in [0.717, 1.165) is 51.0 Å². The van der Waals surface area contributed by atoms with Gasteiger partial charge >= 0.3 is 0 Å². The van der Waals surface area contributed by atoms with Crippen molar-refractivity contribution in [1.29, 1.82) is 0 Å². The molecule has 0 radical (unpaired) electrons. The van der Waals surface area contributed by atoms with Gasteiger partial charge in [-0.3, -0.25) is 14.6 Å². The second-order valence-electron chi connectivity index (χ2n) is 6.62. The van der Waals surface area contributed by atoms with E-state index >= 15 is 0 Å². The maximum atomic E-state index is 12.9. The van der Waals surface area contributed by atoms with Crippen molar-refractivity contribution in [2.75, 3.05) is 37.6 Å². The predicted octanol–water partition coefficient (Wildman–Crippen LogP) is 1.76. The Kier molecular flexibility index (Phi) is 5.33. The van der Waals surface area contributed by atoms with Crippen LogP contribution in [0.15, 0.2) is 18.5 Å². The third kappa shape index (κ3) is 3.52. The topological polar surface area (TPSA) is 56.8 Å². The van der Waals surface area contributed by atoms with Crippen LogP contribution in [0.25, 0.3) is 0 Å². The van der Waals surface area contributed by atoms with E-state index in [0.29, 0.717) is 24.7 Å². The Labute approximate surface area is 143 Å². The van der Waals surface area contributed by atoms with Crippen LogP contribution in [0.1, 0.15) is 43.0 Å². The first-order valence-corrected chi connectivity index (χ1v) is 8.93. The molecule has 0 aliphatic carbocycles. The molecule has 0 aromatic carbocycles. The van der Waals surface area contributed by atoms with Gasteiger partial charge in [0.15, 0.2) is 0 Å². The third-order valence-electron chi connectivity index (χ3n) is 5.16. The Morgan fingerprint density at radius 3 is 2.71 bits per heavy atom. The standard InChI is InChI=1S/C18H26N4O2/c1-2-16-5-3-4-6-22(16)18(24)15-11-17(13-19-12-15)21-9-7-20(14-23)8-10-21/h11-14,16H,2-10H2,1H3. The highest BCUT2D eigenvalue weighted by Crippen LogP contribution is 2.23. The van der Waals surface area contributed by atoms with Crippen molar-refractivity contribution in [3.63, 3.8) is 0 Å². The van der Waals surface area contributed by atoms with E-state index in [4.69, 9.17) is 0 Å². The summed E-state index contributed by atoms with van der Waals surface area (Å²) in [5.74, 6) is 0.0995. The van der Waals surface area contributed by atoms with Crippen LogP contribution in [0.5, 0.6) is 0 Å². The average molecular weight is 330 g/mol. The number of hydrogen-bond donors (Lipinski definition) is 0. The monoisotopic (exact) mass is 330 g/mol. The number of anilines is 1. The number of pyridine rings is 1. The third-order valence-corrected chi connectivity index (χ3v) is 5.16. The molecule has 6 nitrogen and oxygen atoms in total. The zero-order valence-electron chi connectivity index (χ0n) is 14.4. The van der Waals surface area contributed by atoms with Gasteiger partial charge in [-0.15, -0.1) is 0 Å². The van der Waals surface area contributed by atoms with E-state index in [-0.39, 0.29) is 5.91 Å². The number of carbonyl (C=O) groups excluding carboxylic acids is 2. The number of likely N-dealkylation sites (tertiary alicyclic amines) is 1. The minimum atomic E-state index is 0.0995. The van der Waals surface area contributed by atoms with Gasteiger partial charge in [-0.1, -0.05) is 6.92 Å². The molecule has 1 aromatic rings. The number of aromatic nitrogens is 1. The minimum absolute atomic E-state index is 0.0995. The van der Waals surface area contributed by atoms with Gasteiger partial charge in [-0.05, 0) is 31.7 Å². The fourth-order valence-electron chi connectivity index (χ4n) is 3.66. The normalized spacial score (nSPS) is 21.7. The first-order valence-electron chi connectivity index (χ1n) is 8.93. The van der Waals surface area contributed by atoms with Gasteiger partial charge in [0.25, 0.3) is 5.91 Å². The summed E-state index contributed by atoms with van der Waals surface area (Å²) in [5.41, 5.74) is 1.64. The van der Waals surface area contributed by atoms with Gasteiger partial charge in [0.1, 0.15) is 0 Å². The lowest BCUT2D eigenvalue weighted by molar-refractivity contribution is -0.118. The van der Waals surface area contributed by atoms with Gasteiger partial charge in [-0.25, -0.2) is 0 Å². The first kappa shape index (κ1) is 16.7. The summed E-state index contributed by atoms with van der Waals surface area (Å²) in [7, 11) is 0. The lowest BCUT2D eigenvalue weighted by atomic mass is 9.99. The number of hydrogen-bond acceptors (Lipinski definition) is 4. The summed E-state index contributed by atoms with van der Waals surface area (Å²) < 4.78 is 0. The van der Waals surface area contributed by atoms with Gasteiger partial charge in [0.05, 0.1) is 17.4 Å². The fourth-order valence-corrected chi connectivity index (χ4v) is 3.66. The van der Waals surface area contributed by atoms with Crippen molar-refractivity contribution in [3.05, 3.63) is 24.0 Å². The highest BCUT2D eigenvalue weighted by atomic mass is 16.2. The van der Waals surface area contributed by atoms with Crippen molar-refractivity contribution < 1.29 is 9.59 Å². The molecule has 0 bridgehead atoms. The molecule has 2 amide bonds. The second kappa shape index (κ2) is 7.64. The zero-order chi connectivity index (χ0) is 16.9. The lowest BCUT2D eigenvalue weighted by Gasteiger charge is -2.36. The van der Waals surface area contributed by atoms with Crippen LogP contribution in [0, 0.1) is 0 Å². The van der Waals surface area contributed by atoms with E-state index in [1.54, 1.807) is 17.3 Å². The Hall–Kier alpha value is -2.11. The van der Waals surface area contributed by atoms with Gasteiger partial charge < -0.3 is 14.7 Å². The fraction of sp³-hybridized carbons (Fsp3) is 0.611. The highest BCUT2D eigenvalue weighted by Gasteiger charge is 2.27. The largest absolute Gasteiger partial charge is 0.367 e. The Morgan fingerprint density at radius 1 is 1.21 bits per heavy atom. The van der Waals surface area contributed by atoms with Crippen molar-refractivity contribution in [1.82, 2.24) is 14.8 Å². The van der Waals surface area contributed by atoms with Crippen LogP contribution in [-0.4, -0.2) is 65.9 Å². The number of piperidine rings is 1. The summed E-state index contributed by atoms with van der Waals surface area (Å²) in [5, 5.41) is 0. The summed E-state index contributed by atoms with van der Waals surface area (Å²) in [6.45, 7) is 5.98. The van der Waals surface area contributed by atoms with Crippen molar-refractivity contribution >= 4 is 18.0 Å². The van der Waals surface area contributed by atoms with Gasteiger partial charge in [0.2, 0.25) is 6.41 Å². The number of piperazine rings is 1. The van der Waals surface area contributed by atoms with E-state index in [1.807, 2.05) is 11.0 Å². The van der Waals surface area contributed by atoms with Gasteiger partial charge in [0, 0.05) is 45.0 Å². The van der Waals surface area contributed by atoms with Crippen LogP contribution in [0.4, 0.5) is 5.69 Å². The molecule has 6 heteroatoms. The summed E-state index contributed by atoms with van der Waals surface area (Å²) in [6, 6.07) is 2.30. The molecule has 1 unspecified atom stereocenters. The van der Waals surface area contributed by atoms with Crippen LogP contribution in [0.3, 0.4) is 0 Å². The van der Waals surface area contributed by atoms with Crippen molar-refractivity contribution in [3.8, 4) is 0 Å². The van der Waals surface area contributed by atoms with E-state index in [9.17, 15) is 9.59 Å². The van der Waals surface area contributed by atoms with Crippen LogP contribution in [-0.2, 0) is 4.79 Å². The van der Waals surface area contributed by atoms with Gasteiger partial charge in [-0.2, -0.15) is 0 Å². The summed E-state index contributed by atoms with van der Waals surface area (Å²) in [6.07, 6.45) is 8.78. The maximum absolute atomic E-state index is 12.9. The first-order chi connectivity index (χ1) is 11.7. The summed E-state index contributed by atoms with van der Waals surface area (Å²) in [4.78, 5) is 34.0. The Balaban J connectivity index is 1.73. The molecule has 1 aromatic heterocycles. The Bertz CT molecular complexity index is 584. The lowest BCUT2D eigenvalue weighted by Crippen LogP contribution is -2.46. The molecule has 24 heavy (non-hydrogen) atoms. The maximum Gasteiger partial charge on any atom is 0.255 e. The average Bonchev–Trinajstić information content (AvgIpc) is 2.67. The molecule has 1 atom stereocenters. The van der Waals surface area contributed by atoms with Crippen molar-refractivity contribution in [2.45, 2.75) is 38.6 Å². The number of carbonyl (C=O) groups is 2. The molecule has 0 spiro atoms. The smallest absolute Gasteiger partial charge is 0.255 e. The van der Waals surface area contributed by atoms with Crippen LogP contribution in [0.2, 0.25) is 0 Å². The summed E-state index contributed by atoms with van der Waals surface area (Å²) >= 11 is 0. The van der Waals surface area contributed by atoms with Crippen molar-refractivity contribution in [2.24, 2.45) is 0 Å². The number of nitrogens with zero attached hydrogens (tertiary/aromatic N) is 4. The SMILES string of the molecule is CCC1CCCCN1C(=O)c1cncc(N2CCN(C=O)CC2)c1. The predicted molar refractivity (Wildman–Crippen MR) is 93.1 cm³/mol.